The molecule has 2 heterocycles. The van der Waals surface area contributed by atoms with Crippen LogP contribution in [0.3, 0.4) is 0 Å². The number of imide groups is 2. The Kier molecular flexibility index (Phi) is 2.58. The average molecular weight is 253 g/mol. The summed E-state index contributed by atoms with van der Waals surface area (Å²) in [4.78, 5) is 46.0. The first kappa shape index (κ1) is 11.8. The number of hydrogen-bond donors (Lipinski definition) is 1. The van der Waals surface area contributed by atoms with E-state index >= 15 is 0 Å². The fraction of sp³-hybridized carbons (Fsp3) is 0.222. The van der Waals surface area contributed by atoms with Gasteiger partial charge in [-0.3, -0.25) is 14.5 Å². The maximum absolute atomic E-state index is 11.5. The maximum atomic E-state index is 11.5. The molecule has 0 aliphatic carbocycles. The monoisotopic (exact) mass is 253 g/mol. The number of rotatable bonds is 3. The van der Waals surface area contributed by atoms with Gasteiger partial charge in [0.05, 0.1) is 6.54 Å². The van der Waals surface area contributed by atoms with Crippen molar-refractivity contribution in [1.82, 2.24) is 15.0 Å². The summed E-state index contributed by atoms with van der Waals surface area (Å²) in [5, 5.41) is 11.8. The molecule has 1 aliphatic rings. The largest absolute Gasteiger partial charge is 0.476 e. The van der Waals surface area contributed by atoms with Crippen LogP contribution in [0.5, 0.6) is 0 Å². The molecule has 0 bridgehead atoms. The molecule has 18 heavy (non-hydrogen) atoms. The van der Waals surface area contributed by atoms with Gasteiger partial charge in [0.15, 0.2) is 11.5 Å². The van der Waals surface area contributed by atoms with Crippen LogP contribution in [0.15, 0.2) is 10.6 Å². The van der Waals surface area contributed by atoms with Gasteiger partial charge in [0.2, 0.25) is 0 Å². The maximum Gasteiger partial charge on any atom is 0.358 e. The van der Waals surface area contributed by atoms with Gasteiger partial charge >= 0.3 is 23.8 Å². The third-order valence-electron chi connectivity index (χ3n) is 2.34. The molecule has 2 rings (SSSR count). The van der Waals surface area contributed by atoms with Gasteiger partial charge < -0.3 is 9.63 Å². The molecule has 1 N–H and O–H groups in total. The molecule has 0 atom stereocenters. The summed E-state index contributed by atoms with van der Waals surface area (Å²) < 4.78 is 4.65. The van der Waals surface area contributed by atoms with E-state index in [0.29, 0.717) is 9.80 Å². The molecule has 0 unspecified atom stereocenters. The molecule has 1 fully saturated rings. The van der Waals surface area contributed by atoms with Gasteiger partial charge in [0, 0.05) is 13.1 Å². The molecule has 1 aromatic heterocycles. The molecule has 1 aliphatic heterocycles. The Morgan fingerprint density at radius 3 is 2.50 bits per heavy atom. The lowest BCUT2D eigenvalue weighted by Gasteiger charge is -2.09. The van der Waals surface area contributed by atoms with Crippen LogP contribution in [0.4, 0.5) is 4.79 Å². The molecular formula is C9H7N3O6. The van der Waals surface area contributed by atoms with Crippen molar-refractivity contribution in [3.8, 4) is 0 Å². The normalized spacial score (nSPS) is 15.7. The summed E-state index contributed by atoms with van der Waals surface area (Å²) >= 11 is 0. The smallest absolute Gasteiger partial charge is 0.358 e. The zero-order valence-corrected chi connectivity index (χ0v) is 9.11. The third-order valence-corrected chi connectivity index (χ3v) is 2.34. The van der Waals surface area contributed by atoms with E-state index in [-0.39, 0.29) is 18.0 Å². The van der Waals surface area contributed by atoms with E-state index in [1.54, 1.807) is 0 Å². The second kappa shape index (κ2) is 3.95. The van der Waals surface area contributed by atoms with Crippen molar-refractivity contribution in [2.45, 2.75) is 6.54 Å². The molecule has 4 amide bonds. The Hall–Kier alpha value is -2.71. The first-order chi connectivity index (χ1) is 8.41. The summed E-state index contributed by atoms with van der Waals surface area (Å²) in [7, 11) is 1.17. The number of carboxylic acids is 1. The van der Waals surface area contributed by atoms with Gasteiger partial charge in [-0.15, -0.1) is 0 Å². The van der Waals surface area contributed by atoms with E-state index in [0.717, 1.165) is 6.07 Å². The summed E-state index contributed by atoms with van der Waals surface area (Å²) in [5.74, 6) is -3.23. The van der Waals surface area contributed by atoms with Crippen molar-refractivity contribution in [1.29, 1.82) is 0 Å². The van der Waals surface area contributed by atoms with Crippen molar-refractivity contribution in [2.75, 3.05) is 7.05 Å². The van der Waals surface area contributed by atoms with Crippen molar-refractivity contribution in [3.05, 3.63) is 17.5 Å². The second-order valence-electron chi connectivity index (χ2n) is 3.52. The van der Waals surface area contributed by atoms with Gasteiger partial charge in [-0.05, 0) is 0 Å². The minimum absolute atomic E-state index is 0.00259. The fourth-order valence-corrected chi connectivity index (χ4v) is 1.40. The summed E-state index contributed by atoms with van der Waals surface area (Å²) in [6.07, 6.45) is 0. The lowest BCUT2D eigenvalue weighted by molar-refractivity contribution is -0.143. The third kappa shape index (κ3) is 1.71. The molecule has 9 heteroatoms. The zero-order valence-electron chi connectivity index (χ0n) is 9.11. The van der Waals surface area contributed by atoms with Gasteiger partial charge in [-0.1, -0.05) is 5.16 Å². The zero-order chi connectivity index (χ0) is 13.4. The number of urea groups is 1. The minimum atomic E-state index is -1.29. The number of carbonyl (C=O) groups excluding carboxylic acids is 3. The SMILES string of the molecule is CN1C(=O)C(=O)N(Cc2cc(C(=O)O)no2)C1=O. The number of aromatic carboxylic acids is 1. The predicted molar refractivity (Wildman–Crippen MR) is 52.2 cm³/mol. The molecule has 1 aromatic rings. The highest BCUT2D eigenvalue weighted by Gasteiger charge is 2.42. The Bertz CT molecular complexity index is 562. The highest BCUT2D eigenvalue weighted by atomic mass is 16.5. The van der Waals surface area contributed by atoms with E-state index in [2.05, 4.69) is 9.68 Å². The van der Waals surface area contributed by atoms with Crippen LogP contribution in [0.2, 0.25) is 0 Å². The van der Waals surface area contributed by atoms with Crippen LogP contribution in [-0.2, 0) is 16.1 Å². The molecule has 0 aromatic carbocycles. The number of carboxylic acid groups (broad SMARTS) is 1. The van der Waals surface area contributed by atoms with E-state index in [1.807, 2.05) is 0 Å². The van der Waals surface area contributed by atoms with Crippen molar-refractivity contribution in [3.63, 3.8) is 0 Å². The van der Waals surface area contributed by atoms with Gasteiger partial charge in [-0.25, -0.2) is 14.5 Å². The molecule has 9 nitrogen and oxygen atoms in total. The van der Waals surface area contributed by atoms with Crippen molar-refractivity contribution >= 4 is 23.8 Å². The standard InChI is InChI=1S/C9H7N3O6/c1-11-6(13)7(14)12(9(11)17)3-4-2-5(8(15)16)10-18-4/h2H,3H2,1H3,(H,15,16). The first-order valence-electron chi connectivity index (χ1n) is 4.74. The number of amides is 4. The molecule has 0 spiro atoms. The predicted octanol–water partition coefficient (Wildman–Crippen LogP) is -0.707. The highest BCUT2D eigenvalue weighted by Crippen LogP contribution is 2.15. The average Bonchev–Trinajstić information content (AvgIpc) is 2.86. The molecule has 1 saturated heterocycles. The van der Waals surface area contributed by atoms with Crippen LogP contribution in [0.25, 0.3) is 0 Å². The number of aromatic nitrogens is 1. The number of likely N-dealkylation sites (N-methyl/N-ethyl adjacent to an activating group) is 1. The van der Waals surface area contributed by atoms with Gasteiger partial charge in [0.25, 0.3) is 0 Å². The Labute approximate surface area is 99.5 Å². The highest BCUT2D eigenvalue weighted by molar-refractivity contribution is 6.44. The minimum Gasteiger partial charge on any atom is -0.476 e. The van der Waals surface area contributed by atoms with Gasteiger partial charge in [-0.2, -0.15) is 0 Å². The lowest BCUT2D eigenvalue weighted by Crippen LogP contribution is -2.30. The fourth-order valence-electron chi connectivity index (χ4n) is 1.40. The van der Waals surface area contributed by atoms with E-state index < -0.39 is 23.8 Å². The first-order valence-corrected chi connectivity index (χ1v) is 4.74. The van der Waals surface area contributed by atoms with Crippen LogP contribution in [-0.4, -0.2) is 50.9 Å². The topological polar surface area (TPSA) is 121 Å². The van der Waals surface area contributed by atoms with Crippen LogP contribution in [0.1, 0.15) is 16.2 Å². The summed E-state index contributed by atoms with van der Waals surface area (Å²) in [6, 6.07) is 0.282. The summed E-state index contributed by atoms with van der Waals surface area (Å²) in [5.41, 5.74) is -0.344. The number of carbonyl (C=O) groups is 4. The number of hydrogen-bond acceptors (Lipinski definition) is 6. The van der Waals surface area contributed by atoms with Crippen LogP contribution >= 0.6 is 0 Å². The Morgan fingerprint density at radius 1 is 1.39 bits per heavy atom. The Balaban J connectivity index is 2.19. The second-order valence-corrected chi connectivity index (χ2v) is 3.52. The van der Waals surface area contributed by atoms with Crippen LogP contribution in [0, 0.1) is 0 Å². The Morgan fingerprint density at radius 2 is 2.06 bits per heavy atom. The van der Waals surface area contributed by atoms with E-state index in [1.165, 1.54) is 7.05 Å². The molecule has 0 saturated carbocycles. The van der Waals surface area contributed by atoms with E-state index in [9.17, 15) is 19.2 Å². The summed E-state index contributed by atoms with van der Waals surface area (Å²) in [6.45, 7) is -0.339. The number of nitrogens with zero attached hydrogens (tertiary/aromatic N) is 3. The molecule has 94 valence electrons. The van der Waals surface area contributed by atoms with Crippen molar-refractivity contribution < 1.29 is 28.8 Å². The molecule has 0 radical (unpaired) electrons. The van der Waals surface area contributed by atoms with Crippen molar-refractivity contribution in [2.24, 2.45) is 0 Å². The van der Waals surface area contributed by atoms with Crippen LogP contribution < -0.4 is 0 Å². The van der Waals surface area contributed by atoms with E-state index in [4.69, 9.17) is 5.11 Å². The molecular weight excluding hydrogens is 246 g/mol. The lowest BCUT2D eigenvalue weighted by atomic mass is 10.3. The van der Waals surface area contributed by atoms with Gasteiger partial charge in [0.1, 0.15) is 0 Å². The quantitative estimate of drug-likeness (QED) is 0.558.